The predicted molar refractivity (Wildman–Crippen MR) is 108 cm³/mol. The summed E-state index contributed by atoms with van der Waals surface area (Å²) in [6.45, 7) is 0. The van der Waals surface area contributed by atoms with Crippen LogP contribution in [0.1, 0.15) is 5.56 Å². The number of hydrogen-bond acceptors (Lipinski definition) is 8. The lowest BCUT2D eigenvalue weighted by atomic mass is 10.2. The van der Waals surface area contributed by atoms with E-state index in [4.69, 9.17) is 11.6 Å². The summed E-state index contributed by atoms with van der Waals surface area (Å²) < 4.78 is 0. The van der Waals surface area contributed by atoms with Crippen LogP contribution in [0.15, 0.2) is 53.6 Å². The molecule has 3 aromatic rings. The average molecular weight is 431 g/mol. The van der Waals surface area contributed by atoms with Crippen LogP contribution in [-0.2, 0) is 9.59 Å². The predicted octanol–water partition coefficient (Wildman–Crippen LogP) is 2.86. The van der Waals surface area contributed by atoms with Crippen LogP contribution in [0, 0.1) is 10.1 Å². The van der Waals surface area contributed by atoms with Gasteiger partial charge in [-0.3, -0.25) is 25.0 Å². The topological polar surface area (TPSA) is 139 Å². The van der Waals surface area contributed by atoms with Gasteiger partial charge in [0.1, 0.15) is 10.0 Å². The van der Waals surface area contributed by atoms with Crippen LogP contribution in [0.3, 0.4) is 0 Å². The second-order valence-corrected chi connectivity index (χ2v) is 6.78. The molecular formula is C17H11ClN6O4S. The van der Waals surface area contributed by atoms with Gasteiger partial charge in [-0.15, -0.1) is 10.2 Å². The molecule has 0 aliphatic carbocycles. The lowest BCUT2D eigenvalue weighted by Crippen LogP contribution is -2.32. The summed E-state index contributed by atoms with van der Waals surface area (Å²) in [6.07, 6.45) is 1.19. The first-order valence-corrected chi connectivity index (χ1v) is 9.11. The molecule has 12 heteroatoms. The molecule has 146 valence electrons. The Morgan fingerprint density at radius 2 is 1.90 bits per heavy atom. The average Bonchev–Trinajstić information content (AvgIpc) is 3.17. The zero-order chi connectivity index (χ0) is 20.8. The van der Waals surface area contributed by atoms with Crippen molar-refractivity contribution in [3.63, 3.8) is 0 Å². The van der Waals surface area contributed by atoms with Crippen LogP contribution in [0.2, 0.25) is 5.02 Å². The first-order valence-electron chi connectivity index (χ1n) is 7.91. The zero-order valence-corrected chi connectivity index (χ0v) is 16.0. The molecule has 0 spiro atoms. The summed E-state index contributed by atoms with van der Waals surface area (Å²) in [4.78, 5) is 33.9. The fraction of sp³-hybridized carbons (Fsp3) is 0. The number of halogens is 1. The Bertz CT molecular complexity index is 1100. The van der Waals surface area contributed by atoms with Gasteiger partial charge in [0.25, 0.3) is 5.69 Å². The number of nitro benzene ring substituents is 1. The van der Waals surface area contributed by atoms with Gasteiger partial charge in [0.05, 0.1) is 11.1 Å². The first-order chi connectivity index (χ1) is 13.9. The Morgan fingerprint density at radius 3 is 2.59 bits per heavy atom. The number of nitrogens with zero attached hydrogens (tertiary/aromatic N) is 4. The highest BCUT2D eigenvalue weighted by Gasteiger charge is 2.16. The molecule has 1 aromatic heterocycles. The van der Waals surface area contributed by atoms with E-state index in [0.717, 1.165) is 16.9 Å². The highest BCUT2D eigenvalue weighted by molar-refractivity contribution is 7.18. The summed E-state index contributed by atoms with van der Waals surface area (Å²) in [5.41, 5.74) is 3.03. The van der Waals surface area contributed by atoms with Gasteiger partial charge < -0.3 is 0 Å². The van der Waals surface area contributed by atoms with Gasteiger partial charge in [0, 0.05) is 11.6 Å². The van der Waals surface area contributed by atoms with Gasteiger partial charge in [0.2, 0.25) is 5.13 Å². The largest absolute Gasteiger partial charge is 0.329 e. The van der Waals surface area contributed by atoms with Gasteiger partial charge in [-0.2, -0.15) is 5.10 Å². The Morgan fingerprint density at radius 1 is 1.14 bits per heavy atom. The van der Waals surface area contributed by atoms with Crippen molar-refractivity contribution in [1.82, 2.24) is 15.6 Å². The Balaban J connectivity index is 1.56. The molecule has 0 saturated heterocycles. The summed E-state index contributed by atoms with van der Waals surface area (Å²) in [5, 5.41) is 25.1. The quantitative estimate of drug-likeness (QED) is 0.276. The van der Waals surface area contributed by atoms with Crippen molar-refractivity contribution < 1.29 is 14.5 Å². The number of anilines is 1. The van der Waals surface area contributed by atoms with Gasteiger partial charge in [-0.1, -0.05) is 53.3 Å². The van der Waals surface area contributed by atoms with Crippen LogP contribution in [0.4, 0.5) is 10.8 Å². The molecule has 0 aliphatic rings. The van der Waals surface area contributed by atoms with Crippen molar-refractivity contribution in [2.75, 3.05) is 5.32 Å². The highest BCUT2D eigenvalue weighted by atomic mass is 35.5. The minimum Gasteiger partial charge on any atom is -0.292 e. The highest BCUT2D eigenvalue weighted by Crippen LogP contribution is 2.26. The number of hydrazone groups is 1. The molecule has 2 N–H and O–H groups in total. The fourth-order valence-corrected chi connectivity index (χ4v) is 3.09. The molecule has 29 heavy (non-hydrogen) atoms. The number of carbonyl (C=O) groups is 2. The maximum Gasteiger partial charge on any atom is 0.329 e. The number of amides is 2. The molecule has 0 radical (unpaired) electrons. The van der Waals surface area contributed by atoms with E-state index in [-0.39, 0.29) is 15.8 Å². The first kappa shape index (κ1) is 20.0. The molecule has 10 nitrogen and oxygen atoms in total. The third-order valence-corrected chi connectivity index (χ3v) is 4.61. The molecule has 0 unspecified atom stereocenters. The van der Waals surface area contributed by atoms with E-state index in [1.54, 1.807) is 0 Å². The summed E-state index contributed by atoms with van der Waals surface area (Å²) in [5.74, 6) is -2.00. The van der Waals surface area contributed by atoms with Crippen molar-refractivity contribution in [2.45, 2.75) is 0 Å². The maximum absolute atomic E-state index is 11.9. The number of hydrogen-bond donors (Lipinski definition) is 2. The SMILES string of the molecule is O=C(N/N=C/c1ccc([N+](=O)[O-])c(Cl)c1)C(=O)Nc1nnc(-c2ccccc2)s1. The Labute approximate surface area is 172 Å². The number of carbonyl (C=O) groups excluding carboxylic acids is 2. The molecule has 0 fully saturated rings. The Hall–Kier alpha value is -3.70. The molecule has 3 rings (SSSR count). The minimum absolute atomic E-state index is 0.0755. The van der Waals surface area contributed by atoms with Crippen LogP contribution in [0.25, 0.3) is 10.6 Å². The van der Waals surface area contributed by atoms with Gasteiger partial charge >= 0.3 is 11.8 Å². The molecular weight excluding hydrogens is 420 g/mol. The van der Waals surface area contributed by atoms with E-state index in [1.807, 2.05) is 35.8 Å². The van der Waals surface area contributed by atoms with Crippen molar-refractivity contribution in [1.29, 1.82) is 0 Å². The van der Waals surface area contributed by atoms with E-state index >= 15 is 0 Å². The van der Waals surface area contributed by atoms with Crippen molar-refractivity contribution in [3.05, 3.63) is 69.2 Å². The number of aromatic nitrogens is 2. The Kier molecular flexibility index (Phi) is 6.22. The summed E-state index contributed by atoms with van der Waals surface area (Å²) >= 11 is 6.90. The van der Waals surface area contributed by atoms with Crippen LogP contribution in [0.5, 0.6) is 0 Å². The van der Waals surface area contributed by atoms with Crippen LogP contribution >= 0.6 is 22.9 Å². The lowest BCUT2D eigenvalue weighted by molar-refractivity contribution is -0.384. The van der Waals surface area contributed by atoms with Crippen molar-refractivity contribution >= 4 is 51.8 Å². The molecule has 2 aromatic carbocycles. The summed E-state index contributed by atoms with van der Waals surface area (Å²) in [6, 6.07) is 13.2. The van der Waals surface area contributed by atoms with E-state index < -0.39 is 16.7 Å². The van der Waals surface area contributed by atoms with E-state index in [1.165, 1.54) is 24.4 Å². The molecule has 0 atom stereocenters. The van der Waals surface area contributed by atoms with Crippen LogP contribution < -0.4 is 10.7 Å². The monoisotopic (exact) mass is 430 g/mol. The van der Waals surface area contributed by atoms with Crippen molar-refractivity contribution in [3.8, 4) is 10.6 Å². The minimum atomic E-state index is -1.02. The lowest BCUT2D eigenvalue weighted by Gasteiger charge is -2.00. The number of benzene rings is 2. The summed E-state index contributed by atoms with van der Waals surface area (Å²) in [7, 11) is 0. The normalized spacial score (nSPS) is 10.7. The fourth-order valence-electron chi connectivity index (χ4n) is 2.09. The maximum atomic E-state index is 11.9. The van der Waals surface area contributed by atoms with Gasteiger partial charge in [0.15, 0.2) is 0 Å². The molecule has 2 amide bonds. The molecule has 1 heterocycles. The second kappa shape index (κ2) is 8.99. The van der Waals surface area contributed by atoms with E-state index in [0.29, 0.717) is 10.6 Å². The van der Waals surface area contributed by atoms with E-state index in [9.17, 15) is 19.7 Å². The number of nitro groups is 1. The third kappa shape index (κ3) is 5.18. The van der Waals surface area contributed by atoms with Crippen LogP contribution in [-0.4, -0.2) is 33.1 Å². The van der Waals surface area contributed by atoms with E-state index in [2.05, 4.69) is 20.6 Å². The van der Waals surface area contributed by atoms with Gasteiger partial charge in [-0.05, 0) is 17.7 Å². The smallest absolute Gasteiger partial charge is 0.292 e. The molecule has 0 bridgehead atoms. The molecule has 0 saturated carbocycles. The zero-order valence-electron chi connectivity index (χ0n) is 14.4. The second-order valence-electron chi connectivity index (χ2n) is 5.40. The van der Waals surface area contributed by atoms with Crippen molar-refractivity contribution in [2.24, 2.45) is 5.10 Å². The molecule has 0 aliphatic heterocycles. The van der Waals surface area contributed by atoms with Gasteiger partial charge in [-0.25, -0.2) is 5.43 Å². The number of nitrogens with one attached hydrogen (secondary N) is 2. The third-order valence-electron chi connectivity index (χ3n) is 3.42. The standard InChI is InChI=1S/C17H11ClN6O4S/c18-12-8-10(6-7-13(12)24(27)28)9-19-21-15(26)14(25)20-17-23-22-16(29-17)11-4-2-1-3-5-11/h1-9H,(H,21,26)(H,20,23,25)/b19-9+. The number of rotatable bonds is 5.